The Labute approximate surface area is 126 Å². The number of amides is 1. The number of nitrogens with zero attached hydrogens (tertiary/aromatic N) is 1. The van der Waals surface area contributed by atoms with Crippen LogP contribution >= 0.6 is 0 Å². The fourth-order valence-corrected chi connectivity index (χ4v) is 4.47. The SMILES string of the molecule is CC(C(=O)N(C)C1CCS(=O)(=O)C1)C(N)c1ccccc1. The third-order valence-corrected chi connectivity index (χ3v) is 5.97. The van der Waals surface area contributed by atoms with Gasteiger partial charge in [-0.3, -0.25) is 4.79 Å². The van der Waals surface area contributed by atoms with Crippen molar-refractivity contribution in [1.82, 2.24) is 4.90 Å². The van der Waals surface area contributed by atoms with E-state index in [-0.39, 0.29) is 35.4 Å². The van der Waals surface area contributed by atoms with E-state index >= 15 is 0 Å². The molecule has 2 rings (SSSR count). The topological polar surface area (TPSA) is 80.5 Å². The van der Waals surface area contributed by atoms with Crippen LogP contribution in [0.1, 0.15) is 24.9 Å². The number of hydrogen-bond acceptors (Lipinski definition) is 4. The second-order valence-electron chi connectivity index (χ2n) is 5.73. The Kier molecular flexibility index (Phi) is 4.68. The number of nitrogens with two attached hydrogens (primary N) is 1. The zero-order valence-electron chi connectivity index (χ0n) is 12.4. The quantitative estimate of drug-likeness (QED) is 0.898. The molecule has 0 saturated carbocycles. The largest absolute Gasteiger partial charge is 0.341 e. The van der Waals surface area contributed by atoms with Crippen LogP contribution in [0.15, 0.2) is 30.3 Å². The Morgan fingerprint density at radius 2 is 1.95 bits per heavy atom. The second kappa shape index (κ2) is 6.15. The van der Waals surface area contributed by atoms with Gasteiger partial charge in [-0.25, -0.2) is 8.42 Å². The van der Waals surface area contributed by atoms with Gasteiger partial charge in [0.2, 0.25) is 5.91 Å². The molecule has 1 aliphatic heterocycles. The summed E-state index contributed by atoms with van der Waals surface area (Å²) in [6.07, 6.45) is 0.512. The summed E-state index contributed by atoms with van der Waals surface area (Å²) in [6, 6.07) is 8.85. The molecule has 0 radical (unpaired) electrons. The Hall–Kier alpha value is -1.40. The highest BCUT2D eigenvalue weighted by atomic mass is 32.2. The smallest absolute Gasteiger partial charge is 0.227 e. The molecule has 1 aliphatic rings. The number of benzene rings is 1. The van der Waals surface area contributed by atoms with E-state index in [2.05, 4.69) is 0 Å². The van der Waals surface area contributed by atoms with Crippen LogP contribution < -0.4 is 5.73 Å². The standard InChI is InChI=1S/C15H22N2O3S/c1-11(14(16)12-6-4-3-5-7-12)15(18)17(2)13-8-9-21(19,20)10-13/h3-7,11,13-14H,8-10,16H2,1-2H3. The number of carbonyl (C=O) groups excluding carboxylic acids is 1. The van der Waals surface area contributed by atoms with Gasteiger partial charge < -0.3 is 10.6 Å². The van der Waals surface area contributed by atoms with Crippen molar-refractivity contribution >= 4 is 15.7 Å². The first kappa shape index (κ1) is 16.0. The van der Waals surface area contributed by atoms with E-state index in [1.165, 1.54) is 0 Å². The Bertz CT molecular complexity index is 601. The minimum Gasteiger partial charge on any atom is -0.341 e. The molecule has 1 amide bonds. The van der Waals surface area contributed by atoms with Crippen molar-refractivity contribution in [3.8, 4) is 0 Å². The highest BCUT2D eigenvalue weighted by molar-refractivity contribution is 7.91. The monoisotopic (exact) mass is 310 g/mol. The van der Waals surface area contributed by atoms with E-state index in [1.807, 2.05) is 30.3 Å². The molecule has 1 fully saturated rings. The van der Waals surface area contributed by atoms with Gasteiger partial charge in [-0.2, -0.15) is 0 Å². The van der Waals surface area contributed by atoms with Gasteiger partial charge in [-0.15, -0.1) is 0 Å². The summed E-state index contributed by atoms with van der Waals surface area (Å²) in [6.45, 7) is 1.79. The van der Waals surface area contributed by atoms with Crippen LogP contribution in [0.5, 0.6) is 0 Å². The summed E-state index contributed by atoms with van der Waals surface area (Å²) in [5.41, 5.74) is 7.07. The van der Waals surface area contributed by atoms with Gasteiger partial charge in [0.25, 0.3) is 0 Å². The number of carbonyl (C=O) groups is 1. The van der Waals surface area contributed by atoms with Crippen LogP contribution in [0.2, 0.25) is 0 Å². The molecule has 3 atom stereocenters. The molecule has 116 valence electrons. The lowest BCUT2D eigenvalue weighted by atomic mass is 9.94. The molecule has 1 heterocycles. The molecule has 0 aliphatic carbocycles. The zero-order chi connectivity index (χ0) is 15.6. The van der Waals surface area contributed by atoms with E-state index in [1.54, 1.807) is 18.9 Å². The molecule has 3 unspecified atom stereocenters. The van der Waals surface area contributed by atoms with E-state index in [9.17, 15) is 13.2 Å². The predicted octanol–water partition coefficient (Wildman–Crippen LogP) is 0.968. The number of sulfone groups is 1. The summed E-state index contributed by atoms with van der Waals surface area (Å²) < 4.78 is 23.1. The van der Waals surface area contributed by atoms with Crippen LogP contribution in [0.25, 0.3) is 0 Å². The molecule has 6 heteroatoms. The second-order valence-corrected chi connectivity index (χ2v) is 7.96. The molecular weight excluding hydrogens is 288 g/mol. The predicted molar refractivity (Wildman–Crippen MR) is 82.4 cm³/mol. The van der Waals surface area contributed by atoms with Crippen molar-refractivity contribution in [3.05, 3.63) is 35.9 Å². The van der Waals surface area contributed by atoms with Crippen molar-refractivity contribution in [1.29, 1.82) is 0 Å². The van der Waals surface area contributed by atoms with Crippen molar-refractivity contribution in [2.45, 2.75) is 25.4 Å². The van der Waals surface area contributed by atoms with Crippen LogP contribution in [0, 0.1) is 5.92 Å². The third kappa shape index (κ3) is 3.63. The average molecular weight is 310 g/mol. The first-order valence-corrected chi connectivity index (χ1v) is 8.91. The molecule has 1 aromatic rings. The summed E-state index contributed by atoms with van der Waals surface area (Å²) in [5.74, 6) is -0.272. The highest BCUT2D eigenvalue weighted by Gasteiger charge is 2.35. The summed E-state index contributed by atoms with van der Waals surface area (Å²) in [5, 5.41) is 0. The van der Waals surface area contributed by atoms with Crippen molar-refractivity contribution in [2.75, 3.05) is 18.6 Å². The summed E-state index contributed by atoms with van der Waals surface area (Å²) in [7, 11) is -1.33. The Morgan fingerprint density at radius 3 is 2.48 bits per heavy atom. The molecule has 0 aromatic heterocycles. The fourth-order valence-electron chi connectivity index (χ4n) is 2.70. The highest BCUT2D eigenvalue weighted by Crippen LogP contribution is 2.24. The van der Waals surface area contributed by atoms with Gasteiger partial charge in [-0.1, -0.05) is 37.3 Å². The van der Waals surface area contributed by atoms with Gasteiger partial charge in [0.15, 0.2) is 9.84 Å². The van der Waals surface area contributed by atoms with Crippen LogP contribution in [0.4, 0.5) is 0 Å². The van der Waals surface area contributed by atoms with Gasteiger partial charge in [0.1, 0.15) is 0 Å². The normalized spacial score (nSPS) is 23.5. The molecule has 0 bridgehead atoms. The average Bonchev–Trinajstić information content (AvgIpc) is 2.85. The lowest BCUT2D eigenvalue weighted by Gasteiger charge is -2.29. The van der Waals surface area contributed by atoms with E-state index in [0.29, 0.717) is 6.42 Å². The van der Waals surface area contributed by atoms with Crippen molar-refractivity contribution in [3.63, 3.8) is 0 Å². The first-order chi connectivity index (χ1) is 9.82. The molecule has 0 spiro atoms. The van der Waals surface area contributed by atoms with E-state index in [0.717, 1.165) is 5.56 Å². The lowest BCUT2D eigenvalue weighted by molar-refractivity contribution is -0.136. The van der Waals surface area contributed by atoms with Crippen molar-refractivity contribution < 1.29 is 13.2 Å². The number of hydrogen-bond donors (Lipinski definition) is 1. The Balaban J connectivity index is 2.05. The number of rotatable bonds is 4. The molecule has 1 aromatic carbocycles. The molecule has 2 N–H and O–H groups in total. The summed E-state index contributed by atoms with van der Waals surface area (Å²) >= 11 is 0. The van der Waals surface area contributed by atoms with E-state index in [4.69, 9.17) is 5.73 Å². The van der Waals surface area contributed by atoms with Gasteiger partial charge in [0, 0.05) is 19.1 Å². The molecule has 5 nitrogen and oxygen atoms in total. The molecular formula is C15H22N2O3S. The minimum absolute atomic E-state index is 0.0581. The summed E-state index contributed by atoms with van der Waals surface area (Å²) in [4.78, 5) is 14.1. The van der Waals surface area contributed by atoms with Gasteiger partial charge in [0.05, 0.1) is 17.4 Å². The lowest BCUT2D eigenvalue weighted by Crippen LogP contribution is -2.43. The minimum atomic E-state index is -3.00. The fraction of sp³-hybridized carbons (Fsp3) is 0.533. The van der Waals surface area contributed by atoms with Gasteiger partial charge in [-0.05, 0) is 12.0 Å². The molecule has 1 saturated heterocycles. The van der Waals surface area contributed by atoms with Crippen molar-refractivity contribution in [2.24, 2.45) is 11.7 Å². The third-order valence-electron chi connectivity index (χ3n) is 4.22. The van der Waals surface area contributed by atoms with E-state index < -0.39 is 9.84 Å². The van der Waals surface area contributed by atoms with Gasteiger partial charge >= 0.3 is 0 Å². The van der Waals surface area contributed by atoms with Crippen LogP contribution in [0.3, 0.4) is 0 Å². The Morgan fingerprint density at radius 1 is 1.33 bits per heavy atom. The maximum atomic E-state index is 12.5. The molecule has 21 heavy (non-hydrogen) atoms. The first-order valence-electron chi connectivity index (χ1n) is 7.09. The van der Waals surface area contributed by atoms with Crippen LogP contribution in [-0.4, -0.2) is 43.8 Å². The zero-order valence-corrected chi connectivity index (χ0v) is 13.2. The van der Waals surface area contributed by atoms with Crippen LogP contribution in [-0.2, 0) is 14.6 Å². The maximum absolute atomic E-state index is 12.5. The maximum Gasteiger partial charge on any atom is 0.227 e.